The fourth-order valence-corrected chi connectivity index (χ4v) is 1.10. The molecule has 0 aromatic carbocycles. The molecular formula is C11H21NO4. The first-order chi connectivity index (χ1) is 7.11. The minimum absolute atomic E-state index is 0.0450. The van der Waals surface area contributed by atoms with Gasteiger partial charge in [-0.1, -0.05) is 13.8 Å². The summed E-state index contributed by atoms with van der Waals surface area (Å²) in [6.07, 6.45) is -0.677. The second kappa shape index (κ2) is 5.72. The van der Waals surface area contributed by atoms with Gasteiger partial charge in [0.15, 0.2) is 0 Å². The Hall–Kier alpha value is -1.26. The second-order valence-electron chi connectivity index (χ2n) is 5.09. The fourth-order valence-electron chi connectivity index (χ4n) is 1.10. The van der Waals surface area contributed by atoms with E-state index in [1.54, 1.807) is 20.8 Å². The Morgan fingerprint density at radius 3 is 2.12 bits per heavy atom. The molecule has 5 nitrogen and oxygen atoms in total. The van der Waals surface area contributed by atoms with Crippen LogP contribution in [-0.4, -0.2) is 28.8 Å². The van der Waals surface area contributed by atoms with Crippen molar-refractivity contribution in [1.82, 2.24) is 5.32 Å². The maximum Gasteiger partial charge on any atom is 0.407 e. The molecule has 0 heterocycles. The predicted octanol–water partition coefficient (Wildman–Crippen LogP) is 2.01. The molecule has 0 spiro atoms. The van der Waals surface area contributed by atoms with Gasteiger partial charge in [-0.25, -0.2) is 4.79 Å². The Bertz CT molecular complexity index is 255. The van der Waals surface area contributed by atoms with Crippen molar-refractivity contribution in [3.63, 3.8) is 0 Å². The molecule has 16 heavy (non-hydrogen) atoms. The lowest BCUT2D eigenvalue weighted by atomic mass is 10.0. The van der Waals surface area contributed by atoms with Gasteiger partial charge in [-0.3, -0.25) is 4.79 Å². The van der Waals surface area contributed by atoms with Crippen LogP contribution in [0.15, 0.2) is 0 Å². The number of aliphatic carboxylic acids is 1. The van der Waals surface area contributed by atoms with Gasteiger partial charge >= 0.3 is 12.1 Å². The molecular weight excluding hydrogens is 210 g/mol. The largest absolute Gasteiger partial charge is 0.481 e. The van der Waals surface area contributed by atoms with E-state index >= 15 is 0 Å². The van der Waals surface area contributed by atoms with Crippen molar-refractivity contribution in [2.45, 2.75) is 52.7 Å². The molecule has 0 aliphatic rings. The molecule has 0 aromatic heterocycles. The molecule has 0 unspecified atom stereocenters. The summed E-state index contributed by atoms with van der Waals surface area (Å²) in [4.78, 5) is 22.0. The molecule has 1 amide bonds. The van der Waals surface area contributed by atoms with Gasteiger partial charge in [0.25, 0.3) is 0 Å². The van der Waals surface area contributed by atoms with Crippen molar-refractivity contribution in [2.24, 2.45) is 5.92 Å². The Kier molecular flexibility index (Phi) is 5.27. The zero-order valence-electron chi connectivity index (χ0n) is 10.5. The lowest BCUT2D eigenvalue weighted by Gasteiger charge is -2.24. The molecule has 0 aliphatic carbocycles. The number of rotatable bonds is 4. The standard InChI is InChI=1S/C11H21NO4/c1-7(2)8(6-9(13)14)12-10(15)16-11(3,4)5/h7-8H,6H2,1-5H3,(H,12,15)(H,13,14)/t8-/m0/s1. The van der Waals surface area contributed by atoms with E-state index in [0.717, 1.165) is 0 Å². The predicted molar refractivity (Wildman–Crippen MR) is 60.2 cm³/mol. The molecule has 0 aromatic rings. The van der Waals surface area contributed by atoms with Crippen LogP contribution in [0.2, 0.25) is 0 Å². The SMILES string of the molecule is CC(C)[C@H](CC(=O)O)NC(=O)OC(C)(C)C. The molecule has 0 fully saturated rings. The van der Waals surface area contributed by atoms with Crippen LogP contribution in [0.4, 0.5) is 4.79 Å². The number of carbonyl (C=O) groups is 2. The lowest BCUT2D eigenvalue weighted by molar-refractivity contribution is -0.137. The summed E-state index contributed by atoms with van der Waals surface area (Å²) in [7, 11) is 0. The van der Waals surface area contributed by atoms with Crippen molar-refractivity contribution in [1.29, 1.82) is 0 Å². The van der Waals surface area contributed by atoms with E-state index < -0.39 is 23.7 Å². The highest BCUT2D eigenvalue weighted by Gasteiger charge is 2.23. The van der Waals surface area contributed by atoms with Gasteiger partial charge in [-0.2, -0.15) is 0 Å². The summed E-state index contributed by atoms with van der Waals surface area (Å²) in [6, 6.07) is -0.410. The van der Waals surface area contributed by atoms with Crippen LogP contribution in [0, 0.1) is 5.92 Å². The number of nitrogens with one attached hydrogen (secondary N) is 1. The molecule has 2 N–H and O–H groups in total. The minimum atomic E-state index is -0.935. The van der Waals surface area contributed by atoms with Crippen molar-refractivity contribution < 1.29 is 19.4 Å². The fraction of sp³-hybridized carbons (Fsp3) is 0.818. The Balaban J connectivity index is 4.30. The van der Waals surface area contributed by atoms with Gasteiger partial charge < -0.3 is 15.2 Å². The summed E-state index contributed by atoms with van der Waals surface area (Å²) in [5, 5.41) is 11.2. The smallest absolute Gasteiger partial charge is 0.407 e. The molecule has 5 heteroatoms. The third-order valence-electron chi connectivity index (χ3n) is 1.90. The number of carboxylic acid groups (broad SMARTS) is 1. The highest BCUT2D eigenvalue weighted by Crippen LogP contribution is 2.10. The Morgan fingerprint density at radius 1 is 1.31 bits per heavy atom. The first kappa shape index (κ1) is 14.7. The number of amides is 1. The summed E-state index contributed by atoms with van der Waals surface area (Å²) in [5.41, 5.74) is -0.575. The Morgan fingerprint density at radius 2 is 1.81 bits per heavy atom. The summed E-state index contributed by atoms with van der Waals surface area (Å²) < 4.78 is 5.06. The Labute approximate surface area is 96.2 Å². The van der Waals surface area contributed by atoms with Gasteiger partial charge in [0.05, 0.1) is 6.42 Å². The normalized spacial score (nSPS) is 13.4. The average Bonchev–Trinajstić information content (AvgIpc) is 1.97. The number of ether oxygens (including phenoxy) is 1. The molecule has 0 saturated heterocycles. The topological polar surface area (TPSA) is 75.6 Å². The van der Waals surface area contributed by atoms with Crippen molar-refractivity contribution >= 4 is 12.1 Å². The number of hydrogen-bond acceptors (Lipinski definition) is 3. The monoisotopic (exact) mass is 231 g/mol. The van der Waals surface area contributed by atoms with E-state index in [4.69, 9.17) is 9.84 Å². The first-order valence-electron chi connectivity index (χ1n) is 5.33. The number of hydrogen-bond donors (Lipinski definition) is 2. The zero-order chi connectivity index (χ0) is 12.9. The molecule has 0 bridgehead atoms. The second-order valence-corrected chi connectivity index (χ2v) is 5.09. The van der Waals surface area contributed by atoms with Crippen LogP contribution in [0.3, 0.4) is 0 Å². The maximum atomic E-state index is 11.4. The first-order valence-corrected chi connectivity index (χ1v) is 5.33. The van der Waals surface area contributed by atoms with Crippen molar-refractivity contribution in [2.75, 3.05) is 0 Å². The third kappa shape index (κ3) is 7.09. The van der Waals surface area contributed by atoms with Gasteiger partial charge in [-0.05, 0) is 26.7 Å². The van der Waals surface area contributed by atoms with Gasteiger partial charge in [-0.15, -0.1) is 0 Å². The van der Waals surface area contributed by atoms with Crippen LogP contribution >= 0.6 is 0 Å². The molecule has 94 valence electrons. The van der Waals surface area contributed by atoms with E-state index in [1.165, 1.54) is 0 Å². The molecule has 0 saturated carbocycles. The summed E-state index contributed by atoms with van der Waals surface area (Å²) in [5.74, 6) is -0.890. The van der Waals surface area contributed by atoms with E-state index in [2.05, 4.69) is 5.32 Å². The van der Waals surface area contributed by atoms with Crippen LogP contribution < -0.4 is 5.32 Å². The van der Waals surface area contributed by atoms with E-state index in [-0.39, 0.29) is 12.3 Å². The van der Waals surface area contributed by atoms with E-state index in [1.807, 2.05) is 13.8 Å². The molecule has 1 atom stereocenters. The van der Waals surface area contributed by atoms with E-state index in [9.17, 15) is 9.59 Å². The van der Waals surface area contributed by atoms with Gasteiger partial charge in [0.2, 0.25) is 0 Å². The zero-order valence-corrected chi connectivity index (χ0v) is 10.5. The minimum Gasteiger partial charge on any atom is -0.481 e. The average molecular weight is 231 g/mol. The summed E-state index contributed by atoms with van der Waals surface area (Å²) in [6.45, 7) is 8.98. The summed E-state index contributed by atoms with van der Waals surface area (Å²) >= 11 is 0. The lowest BCUT2D eigenvalue weighted by Crippen LogP contribution is -2.42. The van der Waals surface area contributed by atoms with Gasteiger partial charge in [0.1, 0.15) is 5.60 Å². The molecule has 0 rings (SSSR count). The van der Waals surface area contributed by atoms with Crippen molar-refractivity contribution in [3.05, 3.63) is 0 Å². The van der Waals surface area contributed by atoms with Crippen LogP contribution in [0.1, 0.15) is 41.0 Å². The maximum absolute atomic E-state index is 11.4. The van der Waals surface area contributed by atoms with Crippen LogP contribution in [0.25, 0.3) is 0 Å². The number of carbonyl (C=O) groups excluding carboxylic acids is 1. The highest BCUT2D eigenvalue weighted by atomic mass is 16.6. The highest BCUT2D eigenvalue weighted by molar-refractivity contribution is 5.71. The van der Waals surface area contributed by atoms with Crippen LogP contribution in [-0.2, 0) is 9.53 Å². The quantitative estimate of drug-likeness (QED) is 0.776. The molecule has 0 radical (unpaired) electrons. The molecule has 0 aliphatic heterocycles. The number of alkyl carbamates (subject to hydrolysis) is 1. The van der Waals surface area contributed by atoms with Crippen molar-refractivity contribution in [3.8, 4) is 0 Å². The van der Waals surface area contributed by atoms with Crippen LogP contribution in [0.5, 0.6) is 0 Å². The van der Waals surface area contributed by atoms with Gasteiger partial charge in [0, 0.05) is 6.04 Å². The third-order valence-corrected chi connectivity index (χ3v) is 1.90. The van der Waals surface area contributed by atoms with E-state index in [0.29, 0.717) is 0 Å². The number of carboxylic acids is 1.